The van der Waals surface area contributed by atoms with Crippen LogP contribution in [-0.2, 0) is 12.8 Å². The molecular formula is C32H23N. The molecule has 0 atom stereocenters. The van der Waals surface area contributed by atoms with Crippen LogP contribution in [0.1, 0.15) is 22.3 Å². The molecule has 0 bridgehead atoms. The molecule has 0 aromatic heterocycles. The average molecular weight is 422 g/mol. The van der Waals surface area contributed by atoms with Crippen molar-refractivity contribution in [2.75, 3.05) is 5.73 Å². The second-order valence-electron chi connectivity index (χ2n) is 9.10. The van der Waals surface area contributed by atoms with Gasteiger partial charge in [0.1, 0.15) is 0 Å². The molecule has 7 rings (SSSR count). The van der Waals surface area contributed by atoms with Crippen molar-refractivity contribution in [3.63, 3.8) is 0 Å². The first-order chi connectivity index (χ1) is 16.3. The highest BCUT2D eigenvalue weighted by atomic mass is 14.6. The van der Waals surface area contributed by atoms with E-state index >= 15 is 0 Å². The first-order valence-electron chi connectivity index (χ1n) is 11.6. The number of rotatable bonds is 2. The first kappa shape index (κ1) is 18.5. The molecule has 0 fully saturated rings. The quantitative estimate of drug-likeness (QED) is 0.284. The van der Waals surface area contributed by atoms with Crippen molar-refractivity contribution in [3.05, 3.63) is 125 Å². The number of hydrogen-bond donors (Lipinski definition) is 1. The number of benzene rings is 5. The van der Waals surface area contributed by atoms with Crippen LogP contribution in [0.3, 0.4) is 0 Å². The third-order valence-corrected chi connectivity index (χ3v) is 7.39. The van der Waals surface area contributed by atoms with Gasteiger partial charge in [-0.05, 0) is 68.5 Å². The number of nitrogens with two attached hydrogens (primary N) is 1. The smallest absolute Gasteiger partial charge is 0.0473 e. The molecule has 2 aliphatic carbocycles. The molecule has 0 heterocycles. The molecule has 0 aliphatic heterocycles. The minimum Gasteiger partial charge on any atom is -0.398 e. The summed E-state index contributed by atoms with van der Waals surface area (Å²) in [5, 5.41) is 0. The SMILES string of the molecule is Nc1c(-c2cccc3c2Cc2ccccc2-3)cccc1-c1cccc2c1Cc1ccccc1-2. The van der Waals surface area contributed by atoms with Gasteiger partial charge in [-0.25, -0.2) is 0 Å². The van der Waals surface area contributed by atoms with Crippen LogP contribution in [0.2, 0.25) is 0 Å². The Morgan fingerprint density at radius 3 is 1.15 bits per heavy atom. The third kappa shape index (κ3) is 2.66. The fourth-order valence-corrected chi connectivity index (χ4v) is 5.85. The van der Waals surface area contributed by atoms with Gasteiger partial charge in [-0.2, -0.15) is 0 Å². The molecule has 0 unspecified atom stereocenters. The van der Waals surface area contributed by atoms with Crippen molar-refractivity contribution in [1.82, 2.24) is 0 Å². The monoisotopic (exact) mass is 421 g/mol. The lowest BCUT2D eigenvalue weighted by Gasteiger charge is -2.16. The summed E-state index contributed by atoms with van der Waals surface area (Å²) in [4.78, 5) is 0. The minimum absolute atomic E-state index is 0.867. The predicted octanol–water partition coefficient (Wildman–Crippen LogP) is 7.75. The highest BCUT2D eigenvalue weighted by Crippen LogP contribution is 2.46. The Hall–Kier alpha value is -4.10. The van der Waals surface area contributed by atoms with E-state index in [2.05, 4.69) is 103 Å². The number of para-hydroxylation sites is 1. The molecule has 0 spiro atoms. The fraction of sp³-hybridized carbons (Fsp3) is 0.0625. The van der Waals surface area contributed by atoms with E-state index in [4.69, 9.17) is 5.73 Å². The van der Waals surface area contributed by atoms with Gasteiger partial charge in [0.15, 0.2) is 0 Å². The Balaban J connectivity index is 1.39. The van der Waals surface area contributed by atoms with Gasteiger partial charge in [-0.1, -0.05) is 103 Å². The Kier molecular flexibility index (Phi) is 3.89. The van der Waals surface area contributed by atoms with Gasteiger partial charge in [-0.3, -0.25) is 0 Å². The minimum atomic E-state index is 0.867. The molecule has 5 aromatic rings. The van der Waals surface area contributed by atoms with E-state index in [0.29, 0.717) is 0 Å². The molecule has 0 saturated heterocycles. The maximum atomic E-state index is 6.95. The molecule has 2 N–H and O–H groups in total. The van der Waals surface area contributed by atoms with Crippen LogP contribution in [0.4, 0.5) is 5.69 Å². The zero-order chi connectivity index (χ0) is 21.9. The zero-order valence-corrected chi connectivity index (χ0v) is 18.3. The molecule has 1 nitrogen and oxygen atoms in total. The van der Waals surface area contributed by atoms with E-state index in [-0.39, 0.29) is 0 Å². The molecular weight excluding hydrogens is 398 g/mol. The molecule has 1 heteroatoms. The summed E-state index contributed by atoms with van der Waals surface area (Å²) in [6.07, 6.45) is 1.92. The van der Waals surface area contributed by atoms with Gasteiger partial charge < -0.3 is 5.73 Å². The number of fused-ring (bicyclic) bond motifs is 6. The fourth-order valence-electron chi connectivity index (χ4n) is 5.85. The van der Waals surface area contributed by atoms with E-state index in [1.54, 1.807) is 0 Å². The second-order valence-corrected chi connectivity index (χ2v) is 9.10. The van der Waals surface area contributed by atoms with Gasteiger partial charge in [0.2, 0.25) is 0 Å². The van der Waals surface area contributed by atoms with E-state index < -0.39 is 0 Å². The van der Waals surface area contributed by atoms with Crippen LogP contribution in [0, 0.1) is 0 Å². The second kappa shape index (κ2) is 6.95. The summed E-state index contributed by atoms with van der Waals surface area (Å²) in [6.45, 7) is 0. The van der Waals surface area contributed by atoms with Gasteiger partial charge in [-0.15, -0.1) is 0 Å². The average Bonchev–Trinajstić information content (AvgIpc) is 3.43. The summed E-state index contributed by atoms with van der Waals surface area (Å²) in [7, 11) is 0. The van der Waals surface area contributed by atoms with Crippen LogP contribution < -0.4 is 5.73 Å². The summed E-state index contributed by atoms with van der Waals surface area (Å²) < 4.78 is 0. The highest BCUT2D eigenvalue weighted by Gasteiger charge is 2.24. The Morgan fingerprint density at radius 1 is 0.364 bits per heavy atom. The Labute approximate surface area is 194 Å². The molecule has 2 aliphatic rings. The molecule has 33 heavy (non-hydrogen) atoms. The topological polar surface area (TPSA) is 26.0 Å². The lowest BCUT2D eigenvalue weighted by Crippen LogP contribution is -1.98. The summed E-state index contributed by atoms with van der Waals surface area (Å²) >= 11 is 0. The number of hydrogen-bond acceptors (Lipinski definition) is 1. The summed E-state index contributed by atoms with van der Waals surface area (Å²) in [6, 6.07) is 37.2. The molecule has 0 radical (unpaired) electrons. The standard InChI is InChI=1S/C32H23N/c33-32-28(26-14-5-12-24-22-10-3-1-8-20(22)18-30(24)26)16-7-17-29(32)27-15-6-13-25-23-11-4-2-9-21(23)19-31(25)27/h1-17H,18-19,33H2. The van der Waals surface area contributed by atoms with E-state index in [0.717, 1.165) is 29.7 Å². The molecule has 0 amide bonds. The van der Waals surface area contributed by atoms with Gasteiger partial charge in [0.05, 0.1) is 0 Å². The summed E-state index contributed by atoms with van der Waals surface area (Å²) in [5.41, 5.74) is 23.5. The molecule has 5 aromatic carbocycles. The first-order valence-corrected chi connectivity index (χ1v) is 11.6. The summed E-state index contributed by atoms with van der Waals surface area (Å²) in [5.74, 6) is 0. The van der Waals surface area contributed by atoms with Crippen molar-refractivity contribution < 1.29 is 0 Å². The highest BCUT2D eigenvalue weighted by molar-refractivity contribution is 5.96. The normalized spacial score (nSPS) is 12.7. The van der Waals surface area contributed by atoms with Crippen molar-refractivity contribution >= 4 is 5.69 Å². The van der Waals surface area contributed by atoms with Crippen LogP contribution in [0.25, 0.3) is 44.5 Å². The maximum Gasteiger partial charge on any atom is 0.0473 e. The Bertz CT molecular complexity index is 1460. The lowest BCUT2D eigenvalue weighted by molar-refractivity contribution is 1.26. The van der Waals surface area contributed by atoms with Crippen LogP contribution in [0.5, 0.6) is 0 Å². The predicted molar refractivity (Wildman–Crippen MR) is 138 cm³/mol. The number of anilines is 1. The maximum absolute atomic E-state index is 6.95. The Morgan fingerprint density at radius 2 is 0.697 bits per heavy atom. The van der Waals surface area contributed by atoms with Crippen LogP contribution in [-0.4, -0.2) is 0 Å². The van der Waals surface area contributed by atoms with Crippen molar-refractivity contribution in [1.29, 1.82) is 0 Å². The van der Waals surface area contributed by atoms with Crippen molar-refractivity contribution in [2.24, 2.45) is 0 Å². The molecule has 156 valence electrons. The number of nitrogen functional groups attached to an aromatic ring is 1. The van der Waals surface area contributed by atoms with Gasteiger partial charge >= 0.3 is 0 Å². The zero-order valence-electron chi connectivity index (χ0n) is 18.3. The van der Waals surface area contributed by atoms with Gasteiger partial charge in [0.25, 0.3) is 0 Å². The largest absolute Gasteiger partial charge is 0.398 e. The molecule has 0 saturated carbocycles. The lowest BCUT2D eigenvalue weighted by atomic mass is 9.89. The third-order valence-electron chi connectivity index (χ3n) is 7.39. The van der Waals surface area contributed by atoms with Crippen molar-refractivity contribution in [2.45, 2.75) is 12.8 Å². The van der Waals surface area contributed by atoms with E-state index in [9.17, 15) is 0 Å². The van der Waals surface area contributed by atoms with Crippen LogP contribution in [0.15, 0.2) is 103 Å². The van der Waals surface area contributed by atoms with E-state index in [1.165, 1.54) is 55.6 Å². The van der Waals surface area contributed by atoms with Crippen LogP contribution >= 0.6 is 0 Å². The van der Waals surface area contributed by atoms with E-state index in [1.807, 2.05) is 0 Å². The van der Waals surface area contributed by atoms with Crippen molar-refractivity contribution in [3.8, 4) is 44.5 Å². The van der Waals surface area contributed by atoms with Gasteiger partial charge in [0, 0.05) is 16.8 Å².